The minimum Gasteiger partial charge on any atom is -0.507 e. The lowest BCUT2D eigenvalue weighted by Gasteiger charge is -2.28. The van der Waals surface area contributed by atoms with Gasteiger partial charge in [-0.15, -0.1) is 0 Å². The quantitative estimate of drug-likeness (QED) is 0.397. The number of carbonyl (C=O) groups excluding carboxylic acids is 1. The van der Waals surface area contributed by atoms with Gasteiger partial charge in [-0.05, 0) is 46.4 Å². The van der Waals surface area contributed by atoms with Crippen LogP contribution in [0, 0.1) is 0 Å². The summed E-state index contributed by atoms with van der Waals surface area (Å²) in [4.78, 5) is 24.2. The molecule has 0 unspecified atom stereocenters. The Hall–Kier alpha value is -2.82. The fourth-order valence-corrected chi connectivity index (χ4v) is 3.71. The molecule has 2 aromatic rings. The van der Waals surface area contributed by atoms with E-state index in [0.29, 0.717) is 28.9 Å². The summed E-state index contributed by atoms with van der Waals surface area (Å²) in [6, 6.07) is 8.89. The molecule has 5 nitrogen and oxygen atoms in total. The second-order valence-electron chi connectivity index (χ2n) is 11.8. The third kappa shape index (κ3) is 6.59. The van der Waals surface area contributed by atoms with Crippen LogP contribution in [0.2, 0.25) is 0 Å². The molecule has 0 saturated heterocycles. The molecule has 33 heavy (non-hydrogen) atoms. The molecule has 5 heteroatoms. The lowest BCUT2D eigenvalue weighted by Crippen LogP contribution is -2.21. The molecule has 0 radical (unpaired) electrons. The SMILES string of the molecule is CC(C)(C)c1cc(CCC(=O)O)ccc1OC(=O)c1cc(C(C)(C)C)c(O)c(C(C)(C)C)c1. The van der Waals surface area contributed by atoms with Gasteiger partial charge in [-0.3, -0.25) is 4.79 Å². The highest BCUT2D eigenvalue weighted by Gasteiger charge is 2.29. The predicted molar refractivity (Wildman–Crippen MR) is 132 cm³/mol. The Morgan fingerprint density at radius 1 is 0.788 bits per heavy atom. The number of aliphatic carboxylic acids is 1. The number of aryl methyl sites for hydroxylation is 1. The number of phenolic OH excluding ortho intramolecular Hbond substituents is 1. The van der Waals surface area contributed by atoms with Crippen LogP contribution in [-0.2, 0) is 27.5 Å². The molecule has 0 aliphatic heterocycles. The van der Waals surface area contributed by atoms with Gasteiger partial charge in [-0.2, -0.15) is 0 Å². The lowest BCUT2D eigenvalue weighted by atomic mass is 9.78. The van der Waals surface area contributed by atoms with E-state index in [1.807, 2.05) is 68.4 Å². The molecule has 2 N–H and O–H groups in total. The van der Waals surface area contributed by atoms with Crippen LogP contribution >= 0.6 is 0 Å². The Labute approximate surface area is 197 Å². The summed E-state index contributed by atoms with van der Waals surface area (Å²) < 4.78 is 5.88. The number of hydrogen-bond acceptors (Lipinski definition) is 4. The fourth-order valence-electron chi connectivity index (χ4n) is 3.71. The van der Waals surface area contributed by atoms with E-state index < -0.39 is 11.9 Å². The number of ether oxygens (including phenoxy) is 1. The van der Waals surface area contributed by atoms with Crippen LogP contribution in [0.4, 0.5) is 0 Å². The topological polar surface area (TPSA) is 83.8 Å². The summed E-state index contributed by atoms with van der Waals surface area (Å²) in [5, 5.41) is 19.9. The minimum atomic E-state index is -0.848. The summed E-state index contributed by atoms with van der Waals surface area (Å²) in [7, 11) is 0. The van der Waals surface area contributed by atoms with Gasteiger partial charge < -0.3 is 14.9 Å². The number of phenols is 1. The fraction of sp³-hybridized carbons (Fsp3) is 0.500. The van der Waals surface area contributed by atoms with E-state index in [-0.39, 0.29) is 28.4 Å². The Morgan fingerprint density at radius 2 is 1.27 bits per heavy atom. The molecule has 0 saturated carbocycles. The van der Waals surface area contributed by atoms with E-state index in [2.05, 4.69) is 0 Å². The van der Waals surface area contributed by atoms with Gasteiger partial charge in [0, 0.05) is 23.1 Å². The van der Waals surface area contributed by atoms with Gasteiger partial charge >= 0.3 is 11.9 Å². The van der Waals surface area contributed by atoms with Gasteiger partial charge in [-0.25, -0.2) is 4.79 Å². The van der Waals surface area contributed by atoms with Crippen LogP contribution in [0.15, 0.2) is 30.3 Å². The van der Waals surface area contributed by atoms with Gasteiger partial charge in [0.15, 0.2) is 0 Å². The number of hydrogen-bond donors (Lipinski definition) is 2. The van der Waals surface area contributed by atoms with E-state index in [0.717, 1.165) is 11.1 Å². The van der Waals surface area contributed by atoms with Crippen molar-refractivity contribution in [3.8, 4) is 11.5 Å². The lowest BCUT2D eigenvalue weighted by molar-refractivity contribution is -0.136. The molecule has 0 bridgehead atoms. The molecule has 0 fully saturated rings. The van der Waals surface area contributed by atoms with E-state index in [1.54, 1.807) is 24.3 Å². The normalized spacial score (nSPS) is 12.5. The molecule has 0 atom stereocenters. The molecule has 0 aromatic heterocycles. The molecule has 0 aliphatic rings. The van der Waals surface area contributed by atoms with Crippen molar-refractivity contribution in [1.29, 1.82) is 0 Å². The number of benzene rings is 2. The van der Waals surface area contributed by atoms with Crippen molar-refractivity contribution in [2.75, 3.05) is 0 Å². The number of carboxylic acid groups (broad SMARTS) is 1. The summed E-state index contributed by atoms with van der Waals surface area (Å²) >= 11 is 0. The first-order valence-electron chi connectivity index (χ1n) is 11.4. The Bertz CT molecular complexity index is 1010. The summed E-state index contributed by atoms with van der Waals surface area (Å²) in [5.41, 5.74) is 2.48. The van der Waals surface area contributed by atoms with Crippen molar-refractivity contribution in [1.82, 2.24) is 0 Å². The van der Waals surface area contributed by atoms with E-state index in [1.165, 1.54) is 0 Å². The van der Waals surface area contributed by atoms with Crippen molar-refractivity contribution in [2.45, 2.75) is 91.4 Å². The van der Waals surface area contributed by atoms with Gasteiger partial charge in [0.1, 0.15) is 11.5 Å². The second-order valence-corrected chi connectivity index (χ2v) is 11.8. The highest BCUT2D eigenvalue weighted by molar-refractivity contribution is 5.92. The smallest absolute Gasteiger partial charge is 0.343 e. The van der Waals surface area contributed by atoms with E-state index in [4.69, 9.17) is 9.84 Å². The number of carbonyl (C=O) groups is 2. The zero-order chi connectivity index (χ0) is 25.4. The molecule has 0 spiro atoms. The molecule has 2 aromatic carbocycles. The second kappa shape index (κ2) is 9.20. The van der Waals surface area contributed by atoms with Crippen LogP contribution in [-0.4, -0.2) is 22.2 Å². The average Bonchev–Trinajstić information content (AvgIpc) is 2.64. The third-order valence-electron chi connectivity index (χ3n) is 5.64. The average molecular weight is 455 g/mol. The summed E-state index contributed by atoms with van der Waals surface area (Å²) in [6.07, 6.45) is 0.454. The molecular formula is C28H38O5. The summed E-state index contributed by atoms with van der Waals surface area (Å²) in [5.74, 6) is -0.673. The highest BCUT2D eigenvalue weighted by Crippen LogP contribution is 2.40. The van der Waals surface area contributed by atoms with Crippen molar-refractivity contribution in [2.24, 2.45) is 0 Å². The number of rotatable bonds is 5. The van der Waals surface area contributed by atoms with Crippen molar-refractivity contribution in [3.05, 3.63) is 58.1 Å². The van der Waals surface area contributed by atoms with Crippen LogP contribution in [0.1, 0.15) is 101 Å². The molecular weight excluding hydrogens is 416 g/mol. The predicted octanol–water partition coefficient (Wildman–Crippen LogP) is 6.52. The van der Waals surface area contributed by atoms with Gasteiger partial charge in [0.05, 0.1) is 5.56 Å². The highest BCUT2D eigenvalue weighted by atomic mass is 16.5. The zero-order valence-corrected chi connectivity index (χ0v) is 21.4. The van der Waals surface area contributed by atoms with Gasteiger partial charge in [0.25, 0.3) is 0 Å². The van der Waals surface area contributed by atoms with Crippen molar-refractivity contribution >= 4 is 11.9 Å². The van der Waals surface area contributed by atoms with Gasteiger partial charge in [-0.1, -0.05) is 74.4 Å². The number of carboxylic acids is 1. The van der Waals surface area contributed by atoms with Crippen molar-refractivity contribution < 1.29 is 24.5 Å². The first-order valence-corrected chi connectivity index (χ1v) is 11.4. The molecule has 0 aliphatic carbocycles. The van der Waals surface area contributed by atoms with Crippen LogP contribution < -0.4 is 4.74 Å². The third-order valence-corrected chi connectivity index (χ3v) is 5.64. The summed E-state index contributed by atoms with van der Waals surface area (Å²) in [6.45, 7) is 18.1. The van der Waals surface area contributed by atoms with Crippen molar-refractivity contribution in [3.63, 3.8) is 0 Å². The zero-order valence-electron chi connectivity index (χ0n) is 21.4. The minimum absolute atomic E-state index is 0.0430. The van der Waals surface area contributed by atoms with Crippen LogP contribution in [0.25, 0.3) is 0 Å². The largest absolute Gasteiger partial charge is 0.507 e. The van der Waals surface area contributed by atoms with E-state index >= 15 is 0 Å². The molecule has 180 valence electrons. The van der Waals surface area contributed by atoms with Crippen LogP contribution in [0.3, 0.4) is 0 Å². The molecule has 2 rings (SSSR count). The maximum atomic E-state index is 13.3. The Morgan fingerprint density at radius 3 is 1.70 bits per heavy atom. The Kier molecular flexibility index (Phi) is 7.37. The number of aromatic hydroxyl groups is 1. The maximum Gasteiger partial charge on any atom is 0.343 e. The van der Waals surface area contributed by atoms with Crippen LogP contribution in [0.5, 0.6) is 11.5 Å². The Balaban J connectivity index is 2.52. The molecule has 0 amide bonds. The maximum absolute atomic E-state index is 13.3. The monoisotopic (exact) mass is 454 g/mol. The first kappa shape index (κ1) is 26.4. The standard InChI is InChI=1S/C28H38O5/c1-26(2,3)19-14-17(11-13-23(29)30)10-12-22(19)33-25(32)18-15-20(27(4,5)6)24(31)21(16-18)28(7,8)9/h10,12,14-16,31H,11,13H2,1-9H3,(H,29,30). The number of esters is 1. The van der Waals surface area contributed by atoms with Gasteiger partial charge in [0.2, 0.25) is 0 Å². The van der Waals surface area contributed by atoms with E-state index in [9.17, 15) is 14.7 Å². The first-order chi connectivity index (χ1) is 14.9. The molecule has 0 heterocycles.